The smallest absolute Gasteiger partial charge is 0.325 e. The zero-order valence-corrected chi connectivity index (χ0v) is 10.9. The van der Waals surface area contributed by atoms with Crippen LogP contribution in [0.15, 0.2) is 36.5 Å². The van der Waals surface area contributed by atoms with Crippen molar-refractivity contribution < 1.29 is 14.3 Å². The number of hydrogen-bond acceptors (Lipinski definition) is 5. The summed E-state index contributed by atoms with van der Waals surface area (Å²) >= 11 is 0. The average Bonchev–Trinajstić information content (AvgIpc) is 2.50. The summed E-state index contributed by atoms with van der Waals surface area (Å²) < 4.78 is 4.41. The first-order chi connectivity index (χ1) is 9.69. The maximum atomic E-state index is 11.4. The minimum atomic E-state index is -0.503. The lowest BCUT2D eigenvalue weighted by Gasteiger charge is -2.00. The molecule has 0 spiro atoms. The molecule has 0 aliphatic rings. The van der Waals surface area contributed by atoms with Crippen LogP contribution in [0, 0.1) is 0 Å². The normalized spacial score (nSPS) is 10.7. The molecule has 1 aromatic heterocycles. The Hall–Kier alpha value is -2.76. The van der Waals surface area contributed by atoms with Gasteiger partial charge >= 0.3 is 5.97 Å². The van der Waals surface area contributed by atoms with E-state index in [4.69, 9.17) is 0 Å². The SMILES string of the molecule is COC(=O)CNC(=O)/C=C/c1cnc2ccccc2n1. The highest BCUT2D eigenvalue weighted by Crippen LogP contribution is 2.09. The van der Waals surface area contributed by atoms with E-state index in [1.807, 2.05) is 24.3 Å². The van der Waals surface area contributed by atoms with Crippen LogP contribution in [0.4, 0.5) is 0 Å². The molecule has 0 saturated carbocycles. The molecular weight excluding hydrogens is 258 g/mol. The van der Waals surface area contributed by atoms with Gasteiger partial charge in [0.05, 0.1) is 30.0 Å². The molecular formula is C14H13N3O3. The van der Waals surface area contributed by atoms with Crippen LogP contribution in [0.2, 0.25) is 0 Å². The van der Waals surface area contributed by atoms with Gasteiger partial charge in [-0.3, -0.25) is 14.6 Å². The molecule has 0 atom stereocenters. The van der Waals surface area contributed by atoms with Gasteiger partial charge in [-0.05, 0) is 18.2 Å². The van der Waals surface area contributed by atoms with Gasteiger partial charge in [0, 0.05) is 6.08 Å². The highest BCUT2D eigenvalue weighted by Gasteiger charge is 2.02. The molecule has 6 heteroatoms. The van der Waals surface area contributed by atoms with Crippen LogP contribution < -0.4 is 5.32 Å². The first kappa shape index (κ1) is 13.7. The van der Waals surface area contributed by atoms with Gasteiger partial charge < -0.3 is 10.1 Å². The summed E-state index contributed by atoms with van der Waals surface area (Å²) in [6, 6.07) is 7.45. The Morgan fingerprint density at radius 3 is 2.80 bits per heavy atom. The molecule has 1 heterocycles. The van der Waals surface area contributed by atoms with E-state index in [-0.39, 0.29) is 6.54 Å². The van der Waals surface area contributed by atoms with E-state index in [1.165, 1.54) is 19.3 Å². The molecule has 0 aliphatic carbocycles. The molecule has 1 amide bonds. The molecule has 6 nitrogen and oxygen atoms in total. The molecule has 0 bridgehead atoms. The van der Waals surface area contributed by atoms with Crippen molar-refractivity contribution in [2.24, 2.45) is 0 Å². The molecule has 0 saturated heterocycles. The molecule has 0 radical (unpaired) electrons. The number of esters is 1. The third-order valence-electron chi connectivity index (χ3n) is 2.51. The lowest BCUT2D eigenvalue weighted by Crippen LogP contribution is -2.28. The van der Waals surface area contributed by atoms with Crippen LogP contribution in [-0.2, 0) is 14.3 Å². The van der Waals surface area contributed by atoms with Gasteiger partial charge in [-0.2, -0.15) is 0 Å². The topological polar surface area (TPSA) is 81.2 Å². The van der Waals surface area contributed by atoms with E-state index in [2.05, 4.69) is 20.0 Å². The van der Waals surface area contributed by atoms with Gasteiger partial charge in [0.1, 0.15) is 6.54 Å². The number of para-hydroxylation sites is 2. The van der Waals surface area contributed by atoms with Crippen molar-refractivity contribution >= 4 is 29.0 Å². The maximum absolute atomic E-state index is 11.4. The first-order valence-corrected chi connectivity index (χ1v) is 5.93. The Morgan fingerprint density at radius 1 is 1.30 bits per heavy atom. The number of fused-ring (bicyclic) bond motifs is 1. The molecule has 1 N–H and O–H groups in total. The standard InChI is InChI=1S/C14H13N3O3/c1-20-14(19)9-16-13(18)7-6-10-8-15-11-4-2-3-5-12(11)17-10/h2-8H,9H2,1H3,(H,16,18)/b7-6+. The second-order valence-corrected chi connectivity index (χ2v) is 3.91. The lowest BCUT2D eigenvalue weighted by molar-refractivity contribution is -0.140. The van der Waals surface area contributed by atoms with Crippen molar-refractivity contribution in [1.82, 2.24) is 15.3 Å². The monoisotopic (exact) mass is 271 g/mol. The summed E-state index contributed by atoms with van der Waals surface area (Å²) in [6.07, 6.45) is 4.40. The molecule has 0 unspecified atom stereocenters. The quantitative estimate of drug-likeness (QED) is 0.661. The van der Waals surface area contributed by atoms with Gasteiger partial charge in [0.15, 0.2) is 0 Å². The van der Waals surface area contributed by atoms with E-state index in [1.54, 1.807) is 6.20 Å². The van der Waals surface area contributed by atoms with Crippen molar-refractivity contribution in [3.05, 3.63) is 42.2 Å². The Bertz CT molecular complexity index is 668. The Kier molecular flexibility index (Phi) is 4.39. The predicted molar refractivity (Wildman–Crippen MR) is 73.6 cm³/mol. The summed E-state index contributed by atoms with van der Waals surface area (Å²) in [5, 5.41) is 2.39. The second kappa shape index (κ2) is 6.42. The number of nitrogens with one attached hydrogen (secondary N) is 1. The Balaban J connectivity index is 2.02. The van der Waals surface area contributed by atoms with Gasteiger partial charge in [0.2, 0.25) is 5.91 Å². The molecule has 1 aromatic carbocycles. The number of benzene rings is 1. The minimum absolute atomic E-state index is 0.164. The highest BCUT2D eigenvalue weighted by molar-refractivity contribution is 5.93. The zero-order chi connectivity index (χ0) is 14.4. The van der Waals surface area contributed by atoms with Crippen LogP contribution >= 0.6 is 0 Å². The van der Waals surface area contributed by atoms with E-state index < -0.39 is 11.9 Å². The largest absolute Gasteiger partial charge is 0.468 e. The summed E-state index contributed by atoms with van der Waals surface area (Å²) in [7, 11) is 1.26. The maximum Gasteiger partial charge on any atom is 0.325 e. The number of hydrogen-bond donors (Lipinski definition) is 1. The third-order valence-corrected chi connectivity index (χ3v) is 2.51. The van der Waals surface area contributed by atoms with Crippen LogP contribution in [-0.4, -0.2) is 35.5 Å². The van der Waals surface area contributed by atoms with Crippen molar-refractivity contribution in [3.8, 4) is 0 Å². The fourth-order valence-electron chi connectivity index (χ4n) is 1.50. The van der Waals surface area contributed by atoms with E-state index in [9.17, 15) is 9.59 Å². The lowest BCUT2D eigenvalue weighted by atomic mass is 10.3. The Morgan fingerprint density at radius 2 is 2.05 bits per heavy atom. The van der Waals surface area contributed by atoms with Crippen molar-refractivity contribution in [3.63, 3.8) is 0 Å². The Labute approximate surface area is 115 Å². The van der Waals surface area contributed by atoms with Gasteiger partial charge in [-0.1, -0.05) is 12.1 Å². The number of methoxy groups -OCH3 is 1. The van der Waals surface area contributed by atoms with Crippen molar-refractivity contribution in [2.45, 2.75) is 0 Å². The third kappa shape index (κ3) is 3.61. The second-order valence-electron chi connectivity index (χ2n) is 3.91. The number of rotatable bonds is 4. The number of aromatic nitrogens is 2. The predicted octanol–water partition coefficient (Wildman–Crippen LogP) is 0.932. The van der Waals surface area contributed by atoms with Crippen molar-refractivity contribution in [1.29, 1.82) is 0 Å². The van der Waals surface area contributed by atoms with Crippen LogP contribution in [0.5, 0.6) is 0 Å². The highest BCUT2D eigenvalue weighted by atomic mass is 16.5. The van der Waals surface area contributed by atoms with E-state index in [0.717, 1.165) is 11.0 Å². The molecule has 20 heavy (non-hydrogen) atoms. The summed E-state index contributed by atoms with van der Waals surface area (Å²) in [5.41, 5.74) is 2.11. The summed E-state index contributed by atoms with van der Waals surface area (Å²) in [4.78, 5) is 30.9. The van der Waals surface area contributed by atoms with Gasteiger partial charge in [-0.25, -0.2) is 4.98 Å². The van der Waals surface area contributed by atoms with Crippen LogP contribution in [0.3, 0.4) is 0 Å². The summed E-state index contributed by atoms with van der Waals surface area (Å²) in [5.74, 6) is -0.900. The molecule has 2 aromatic rings. The van der Waals surface area contributed by atoms with E-state index >= 15 is 0 Å². The number of carbonyl (C=O) groups is 2. The molecule has 2 rings (SSSR count). The minimum Gasteiger partial charge on any atom is -0.468 e. The molecule has 0 fully saturated rings. The average molecular weight is 271 g/mol. The van der Waals surface area contributed by atoms with Gasteiger partial charge in [-0.15, -0.1) is 0 Å². The molecule has 102 valence electrons. The number of nitrogens with zero attached hydrogens (tertiary/aromatic N) is 2. The van der Waals surface area contributed by atoms with Gasteiger partial charge in [0.25, 0.3) is 0 Å². The number of ether oxygens (including phenoxy) is 1. The number of amides is 1. The van der Waals surface area contributed by atoms with E-state index in [0.29, 0.717) is 5.69 Å². The molecule has 0 aliphatic heterocycles. The zero-order valence-electron chi connectivity index (χ0n) is 10.9. The number of carbonyl (C=O) groups excluding carboxylic acids is 2. The fourth-order valence-corrected chi connectivity index (χ4v) is 1.50. The van der Waals surface area contributed by atoms with Crippen LogP contribution in [0.1, 0.15) is 5.69 Å². The first-order valence-electron chi connectivity index (χ1n) is 5.93. The summed E-state index contributed by atoms with van der Waals surface area (Å²) in [6.45, 7) is -0.164. The van der Waals surface area contributed by atoms with Crippen molar-refractivity contribution in [2.75, 3.05) is 13.7 Å². The van der Waals surface area contributed by atoms with Crippen LogP contribution in [0.25, 0.3) is 17.1 Å². The fraction of sp³-hybridized carbons (Fsp3) is 0.143.